The van der Waals surface area contributed by atoms with Gasteiger partial charge in [0.25, 0.3) is 5.91 Å². The number of benzene rings is 1. The average molecular weight is 428 g/mol. The maximum Gasteiger partial charge on any atom is 0.325 e. The molecule has 0 unspecified atom stereocenters. The Morgan fingerprint density at radius 1 is 1.10 bits per heavy atom. The van der Waals surface area contributed by atoms with Gasteiger partial charge in [-0.25, -0.2) is 0 Å². The molecule has 5 N–H and O–H groups in total. The van der Waals surface area contributed by atoms with E-state index in [1.807, 2.05) is 13.8 Å². The summed E-state index contributed by atoms with van der Waals surface area (Å²) in [6, 6.07) is 2.33. The molecular formula is C20H30ClN3O5. The Balaban J connectivity index is 3.00. The molecule has 9 heteroatoms. The van der Waals surface area contributed by atoms with Crippen LogP contribution in [0.1, 0.15) is 45.0 Å². The first-order chi connectivity index (χ1) is 13.4. The van der Waals surface area contributed by atoms with Gasteiger partial charge >= 0.3 is 5.97 Å². The van der Waals surface area contributed by atoms with Crippen LogP contribution in [0.25, 0.3) is 0 Å². The number of carbonyl (C=O) groups excluding carboxylic acids is 2. The fourth-order valence-electron chi connectivity index (χ4n) is 2.30. The number of nitrogens with one attached hydrogen (secondary N) is 2. The highest BCUT2D eigenvalue weighted by Crippen LogP contribution is 2.24. The van der Waals surface area contributed by atoms with E-state index in [2.05, 4.69) is 10.6 Å². The van der Waals surface area contributed by atoms with Crippen molar-refractivity contribution in [3.05, 3.63) is 28.8 Å². The lowest BCUT2D eigenvalue weighted by molar-refractivity contribution is -0.141. The molecule has 0 saturated heterocycles. The Morgan fingerprint density at radius 3 is 2.24 bits per heavy atom. The summed E-state index contributed by atoms with van der Waals surface area (Å²) >= 11 is 6.03. The summed E-state index contributed by atoms with van der Waals surface area (Å²) in [6.07, 6.45) is 0. The number of carboxylic acid groups (broad SMARTS) is 1. The number of hydrogen-bond acceptors (Lipinski definition) is 5. The van der Waals surface area contributed by atoms with E-state index in [9.17, 15) is 14.4 Å². The smallest absolute Gasteiger partial charge is 0.325 e. The van der Waals surface area contributed by atoms with Gasteiger partial charge in [-0.05, 0) is 37.0 Å². The fraction of sp³-hybridized carbons (Fsp3) is 0.550. The lowest BCUT2D eigenvalue weighted by atomic mass is 10.0. The van der Waals surface area contributed by atoms with Crippen molar-refractivity contribution in [3.63, 3.8) is 0 Å². The lowest BCUT2D eigenvalue weighted by Gasteiger charge is -2.24. The number of carboxylic acids is 1. The molecule has 0 aliphatic heterocycles. The van der Waals surface area contributed by atoms with Crippen molar-refractivity contribution in [2.75, 3.05) is 6.61 Å². The molecule has 0 bridgehead atoms. The molecule has 1 aromatic rings. The van der Waals surface area contributed by atoms with E-state index in [4.69, 9.17) is 27.2 Å². The third-order valence-electron chi connectivity index (χ3n) is 4.44. The largest absolute Gasteiger partial charge is 0.491 e. The molecule has 0 aromatic heterocycles. The summed E-state index contributed by atoms with van der Waals surface area (Å²) in [5, 5.41) is 14.4. The summed E-state index contributed by atoms with van der Waals surface area (Å²) in [7, 11) is 0. The monoisotopic (exact) mass is 427 g/mol. The van der Waals surface area contributed by atoms with Crippen LogP contribution in [0.3, 0.4) is 0 Å². The summed E-state index contributed by atoms with van der Waals surface area (Å²) < 4.78 is 5.71. The quantitative estimate of drug-likeness (QED) is 0.452. The van der Waals surface area contributed by atoms with Crippen LogP contribution >= 0.6 is 11.6 Å². The number of ether oxygens (including phenoxy) is 1. The summed E-state index contributed by atoms with van der Waals surface area (Å²) in [6.45, 7) is 8.96. The zero-order valence-electron chi connectivity index (χ0n) is 17.4. The van der Waals surface area contributed by atoms with Gasteiger partial charge in [-0.15, -0.1) is 0 Å². The van der Waals surface area contributed by atoms with E-state index in [0.717, 1.165) is 0 Å². The van der Waals surface area contributed by atoms with E-state index in [1.165, 1.54) is 19.1 Å². The van der Waals surface area contributed by atoms with Crippen molar-refractivity contribution in [1.82, 2.24) is 10.6 Å². The van der Waals surface area contributed by atoms with Crippen LogP contribution in [0.15, 0.2) is 18.2 Å². The molecule has 162 valence electrons. The highest BCUT2D eigenvalue weighted by molar-refractivity contribution is 6.30. The van der Waals surface area contributed by atoms with Crippen molar-refractivity contribution in [1.29, 1.82) is 0 Å². The van der Waals surface area contributed by atoms with Crippen LogP contribution < -0.4 is 21.1 Å². The van der Waals surface area contributed by atoms with Gasteiger partial charge in [-0.2, -0.15) is 0 Å². The molecule has 3 atom stereocenters. The fourth-order valence-corrected chi connectivity index (χ4v) is 2.46. The third-order valence-corrected chi connectivity index (χ3v) is 4.68. The normalized spacial score (nSPS) is 14.2. The van der Waals surface area contributed by atoms with E-state index < -0.39 is 29.9 Å². The second kappa shape index (κ2) is 11.0. The van der Waals surface area contributed by atoms with Crippen LogP contribution in [0.2, 0.25) is 5.02 Å². The first-order valence-electron chi connectivity index (χ1n) is 9.46. The predicted octanol–water partition coefficient (Wildman–Crippen LogP) is 2.05. The van der Waals surface area contributed by atoms with Crippen LogP contribution in [0, 0.1) is 11.8 Å². The van der Waals surface area contributed by atoms with Crippen molar-refractivity contribution in [2.24, 2.45) is 17.6 Å². The molecule has 0 aliphatic carbocycles. The Bertz CT molecular complexity index is 739. The van der Waals surface area contributed by atoms with Crippen LogP contribution in [0.5, 0.6) is 5.75 Å². The summed E-state index contributed by atoms with van der Waals surface area (Å²) in [5.74, 6) is -2.11. The van der Waals surface area contributed by atoms with E-state index in [-0.39, 0.29) is 35.8 Å². The lowest BCUT2D eigenvalue weighted by Crippen LogP contribution is -2.53. The van der Waals surface area contributed by atoms with Gasteiger partial charge in [-0.1, -0.05) is 39.3 Å². The zero-order valence-corrected chi connectivity index (χ0v) is 18.1. The van der Waals surface area contributed by atoms with E-state index in [1.54, 1.807) is 19.9 Å². The minimum absolute atomic E-state index is 0.191. The average Bonchev–Trinajstić information content (AvgIpc) is 2.63. The van der Waals surface area contributed by atoms with E-state index in [0.29, 0.717) is 5.02 Å². The van der Waals surface area contributed by atoms with Gasteiger partial charge in [0.15, 0.2) is 0 Å². The number of amides is 2. The number of carbonyl (C=O) groups is 3. The maximum absolute atomic E-state index is 12.8. The SMILES string of the molecule is CC(C)[C@H](N)COc1cc(Cl)ccc1C(=O)N[C@H](C(=O)N[C@@H](C)C(=O)O)C(C)C. The van der Waals surface area contributed by atoms with Crippen molar-refractivity contribution >= 4 is 29.4 Å². The van der Waals surface area contributed by atoms with E-state index >= 15 is 0 Å². The summed E-state index contributed by atoms with van der Waals surface area (Å²) in [5.41, 5.74) is 6.20. The topological polar surface area (TPSA) is 131 Å². The minimum Gasteiger partial charge on any atom is -0.491 e. The molecule has 2 amide bonds. The van der Waals surface area contributed by atoms with Crippen molar-refractivity contribution in [2.45, 2.75) is 52.7 Å². The Labute approximate surface area is 176 Å². The van der Waals surface area contributed by atoms with Gasteiger partial charge in [0.1, 0.15) is 24.4 Å². The van der Waals surface area contributed by atoms with Crippen LogP contribution in [-0.2, 0) is 9.59 Å². The molecule has 0 spiro atoms. The molecule has 29 heavy (non-hydrogen) atoms. The number of hydrogen-bond donors (Lipinski definition) is 4. The second-order valence-electron chi connectivity index (χ2n) is 7.62. The van der Waals surface area contributed by atoms with Crippen molar-refractivity contribution in [3.8, 4) is 5.75 Å². The van der Waals surface area contributed by atoms with Crippen LogP contribution in [-0.4, -0.2) is 47.6 Å². The number of halogens is 1. The highest BCUT2D eigenvalue weighted by Gasteiger charge is 2.28. The van der Waals surface area contributed by atoms with Gasteiger partial charge in [0.05, 0.1) is 5.56 Å². The molecule has 0 aliphatic rings. The number of rotatable bonds is 10. The van der Waals surface area contributed by atoms with Gasteiger partial charge in [-0.3, -0.25) is 14.4 Å². The molecule has 0 radical (unpaired) electrons. The molecule has 0 fully saturated rings. The number of nitrogens with two attached hydrogens (primary N) is 1. The molecule has 0 saturated carbocycles. The molecule has 1 aromatic carbocycles. The first-order valence-corrected chi connectivity index (χ1v) is 9.83. The summed E-state index contributed by atoms with van der Waals surface area (Å²) in [4.78, 5) is 36.3. The highest BCUT2D eigenvalue weighted by atomic mass is 35.5. The Morgan fingerprint density at radius 2 is 1.72 bits per heavy atom. The van der Waals surface area contributed by atoms with Crippen molar-refractivity contribution < 1.29 is 24.2 Å². The molecule has 1 rings (SSSR count). The maximum atomic E-state index is 12.8. The van der Waals surface area contributed by atoms with Gasteiger partial charge in [0.2, 0.25) is 5.91 Å². The second-order valence-corrected chi connectivity index (χ2v) is 8.06. The molecular weight excluding hydrogens is 398 g/mol. The number of aliphatic carboxylic acids is 1. The zero-order chi connectivity index (χ0) is 22.3. The van der Waals surface area contributed by atoms with Gasteiger partial charge in [0, 0.05) is 11.1 Å². The third kappa shape index (κ3) is 7.55. The Kier molecular flexibility index (Phi) is 9.39. The van der Waals surface area contributed by atoms with Crippen LogP contribution in [0.4, 0.5) is 0 Å². The molecule has 8 nitrogen and oxygen atoms in total. The Hall–Kier alpha value is -2.32. The minimum atomic E-state index is -1.16. The van der Waals surface area contributed by atoms with Gasteiger partial charge < -0.3 is 26.2 Å². The first kappa shape index (κ1) is 24.7. The standard InChI is InChI=1S/C20H30ClN3O5/c1-10(2)15(22)9-29-16-8-13(21)6-7-14(16)18(25)24-17(11(3)4)19(26)23-12(5)20(27)28/h6-8,10-12,15,17H,9,22H2,1-5H3,(H,23,26)(H,24,25)(H,27,28)/t12-,15+,17-/m0/s1. The predicted molar refractivity (Wildman–Crippen MR) is 111 cm³/mol. The molecule has 0 heterocycles.